The molecular weight excluding hydrogens is 300 g/mol. The highest BCUT2D eigenvalue weighted by Crippen LogP contribution is 2.34. The predicted octanol–water partition coefficient (Wildman–Crippen LogP) is 2.78. The largest absolute Gasteiger partial charge is 0.497 e. The Kier molecular flexibility index (Phi) is 6.09. The van der Waals surface area contributed by atoms with Gasteiger partial charge in [0.25, 0.3) is 0 Å². The summed E-state index contributed by atoms with van der Waals surface area (Å²) in [6.45, 7) is 2.93. The lowest BCUT2D eigenvalue weighted by molar-refractivity contribution is -0.133. The number of nitrogens with one attached hydrogen (secondary N) is 1. The van der Waals surface area contributed by atoms with Crippen LogP contribution < -0.4 is 10.1 Å². The molecule has 0 aromatic heterocycles. The van der Waals surface area contributed by atoms with Crippen LogP contribution in [0.3, 0.4) is 0 Å². The first-order valence-electron chi connectivity index (χ1n) is 7.92. The van der Waals surface area contributed by atoms with Crippen LogP contribution in [-0.2, 0) is 4.79 Å². The van der Waals surface area contributed by atoms with Gasteiger partial charge in [0.1, 0.15) is 5.75 Å². The molecule has 2 fully saturated rings. The molecule has 122 valence electrons. The van der Waals surface area contributed by atoms with Gasteiger partial charge in [0.15, 0.2) is 0 Å². The van der Waals surface area contributed by atoms with Gasteiger partial charge in [-0.05, 0) is 56.0 Å². The highest BCUT2D eigenvalue weighted by molar-refractivity contribution is 5.85. The number of hydrogen-bond donors (Lipinski definition) is 1. The molecule has 0 aliphatic carbocycles. The van der Waals surface area contributed by atoms with Crippen LogP contribution >= 0.6 is 12.4 Å². The van der Waals surface area contributed by atoms with Crippen LogP contribution in [0, 0.1) is 5.92 Å². The maximum Gasteiger partial charge on any atom is 0.223 e. The minimum Gasteiger partial charge on any atom is -0.497 e. The van der Waals surface area contributed by atoms with Gasteiger partial charge in [0.2, 0.25) is 5.91 Å². The second kappa shape index (κ2) is 7.84. The molecule has 2 aliphatic rings. The summed E-state index contributed by atoms with van der Waals surface area (Å²) in [5, 5.41) is 3.34. The highest BCUT2D eigenvalue weighted by Gasteiger charge is 2.31. The minimum absolute atomic E-state index is 0. The fraction of sp³-hybridized carbons (Fsp3) is 0.588. The molecule has 2 aliphatic heterocycles. The van der Waals surface area contributed by atoms with Gasteiger partial charge < -0.3 is 15.0 Å². The van der Waals surface area contributed by atoms with Crippen molar-refractivity contribution in [3.63, 3.8) is 0 Å². The van der Waals surface area contributed by atoms with Gasteiger partial charge in [0.05, 0.1) is 13.2 Å². The summed E-state index contributed by atoms with van der Waals surface area (Å²) >= 11 is 0. The molecule has 3 rings (SSSR count). The van der Waals surface area contributed by atoms with E-state index in [-0.39, 0.29) is 18.4 Å². The molecule has 0 radical (unpaired) electrons. The second-order valence-corrected chi connectivity index (χ2v) is 6.08. The zero-order chi connectivity index (χ0) is 14.7. The van der Waals surface area contributed by atoms with Crippen molar-refractivity contribution in [3.8, 4) is 5.75 Å². The fourth-order valence-corrected chi connectivity index (χ4v) is 3.51. The topological polar surface area (TPSA) is 41.6 Å². The van der Waals surface area contributed by atoms with Gasteiger partial charge in [-0.15, -0.1) is 12.4 Å². The number of benzene rings is 1. The lowest BCUT2D eigenvalue weighted by atomic mass is 10.0. The van der Waals surface area contributed by atoms with E-state index in [0.29, 0.717) is 18.2 Å². The smallest absolute Gasteiger partial charge is 0.223 e. The molecule has 2 saturated heterocycles. The van der Waals surface area contributed by atoms with Crippen molar-refractivity contribution in [2.45, 2.75) is 31.7 Å². The normalized spacial score (nSPS) is 24.1. The van der Waals surface area contributed by atoms with E-state index in [1.165, 1.54) is 5.56 Å². The molecule has 0 saturated carbocycles. The van der Waals surface area contributed by atoms with E-state index in [1.54, 1.807) is 7.11 Å². The molecule has 1 aromatic rings. The SMILES string of the molecule is COc1cccc(C2CCCN2C(=O)CC2CCNC2)c1.Cl. The third kappa shape index (κ3) is 3.73. The third-order valence-corrected chi connectivity index (χ3v) is 4.68. The number of likely N-dealkylation sites (tertiary alicyclic amines) is 1. The Morgan fingerprint density at radius 3 is 3.00 bits per heavy atom. The Balaban J connectivity index is 0.00000176. The van der Waals surface area contributed by atoms with E-state index in [9.17, 15) is 4.79 Å². The maximum absolute atomic E-state index is 12.6. The summed E-state index contributed by atoms with van der Waals surface area (Å²) in [6, 6.07) is 8.36. The Bertz CT molecular complexity index is 503. The molecular formula is C17H25ClN2O2. The number of halogens is 1. The highest BCUT2D eigenvalue weighted by atomic mass is 35.5. The van der Waals surface area contributed by atoms with Crippen LogP contribution in [-0.4, -0.2) is 37.6 Å². The number of hydrogen-bond acceptors (Lipinski definition) is 3. The van der Waals surface area contributed by atoms with Gasteiger partial charge in [-0.1, -0.05) is 12.1 Å². The predicted molar refractivity (Wildman–Crippen MR) is 89.5 cm³/mol. The lowest BCUT2D eigenvalue weighted by Crippen LogP contribution is -2.32. The summed E-state index contributed by atoms with van der Waals surface area (Å²) in [6.07, 6.45) is 3.97. The Morgan fingerprint density at radius 1 is 1.41 bits per heavy atom. The molecule has 4 nitrogen and oxygen atoms in total. The van der Waals surface area contributed by atoms with Gasteiger partial charge >= 0.3 is 0 Å². The number of carbonyl (C=O) groups excluding carboxylic acids is 1. The number of rotatable bonds is 4. The Hall–Kier alpha value is -1.26. The molecule has 22 heavy (non-hydrogen) atoms. The van der Waals surface area contributed by atoms with Crippen LogP contribution in [0.5, 0.6) is 5.75 Å². The molecule has 1 amide bonds. The summed E-state index contributed by atoms with van der Waals surface area (Å²) in [7, 11) is 1.68. The van der Waals surface area contributed by atoms with Gasteiger partial charge in [-0.25, -0.2) is 0 Å². The first-order chi connectivity index (χ1) is 10.3. The summed E-state index contributed by atoms with van der Waals surface area (Å²) in [5.74, 6) is 1.70. The van der Waals surface area contributed by atoms with E-state index in [1.807, 2.05) is 12.1 Å². The van der Waals surface area contributed by atoms with Crippen LogP contribution in [0.25, 0.3) is 0 Å². The number of methoxy groups -OCH3 is 1. The monoisotopic (exact) mass is 324 g/mol. The second-order valence-electron chi connectivity index (χ2n) is 6.08. The number of amides is 1. The lowest BCUT2D eigenvalue weighted by Gasteiger charge is -2.26. The van der Waals surface area contributed by atoms with Crippen LogP contribution in [0.2, 0.25) is 0 Å². The van der Waals surface area contributed by atoms with E-state index in [2.05, 4.69) is 22.3 Å². The number of ether oxygens (including phenoxy) is 1. The van der Waals surface area contributed by atoms with Crippen molar-refractivity contribution in [1.82, 2.24) is 10.2 Å². The molecule has 0 bridgehead atoms. The zero-order valence-electron chi connectivity index (χ0n) is 13.1. The van der Waals surface area contributed by atoms with Gasteiger partial charge in [-0.3, -0.25) is 4.79 Å². The van der Waals surface area contributed by atoms with Crippen LogP contribution in [0.1, 0.15) is 37.3 Å². The van der Waals surface area contributed by atoms with Crippen molar-refractivity contribution in [2.24, 2.45) is 5.92 Å². The first kappa shape index (κ1) is 17.1. The molecule has 1 aromatic carbocycles. The standard InChI is InChI=1S/C17H24N2O2.ClH/c1-21-15-5-2-4-14(11-15)16-6-3-9-19(16)17(20)10-13-7-8-18-12-13;/h2,4-5,11,13,16,18H,3,6-10,12H2,1H3;1H. The fourth-order valence-electron chi connectivity index (χ4n) is 3.51. The zero-order valence-corrected chi connectivity index (χ0v) is 13.9. The van der Waals surface area contributed by atoms with Crippen molar-refractivity contribution in [1.29, 1.82) is 0 Å². The van der Waals surface area contributed by atoms with E-state index in [4.69, 9.17) is 4.74 Å². The third-order valence-electron chi connectivity index (χ3n) is 4.68. The average molecular weight is 325 g/mol. The van der Waals surface area contributed by atoms with E-state index in [0.717, 1.165) is 44.6 Å². The van der Waals surface area contributed by atoms with Crippen LogP contribution in [0.15, 0.2) is 24.3 Å². The van der Waals surface area contributed by atoms with Crippen molar-refractivity contribution in [2.75, 3.05) is 26.7 Å². The van der Waals surface area contributed by atoms with Crippen molar-refractivity contribution in [3.05, 3.63) is 29.8 Å². The van der Waals surface area contributed by atoms with Gasteiger partial charge in [-0.2, -0.15) is 0 Å². The van der Waals surface area contributed by atoms with Gasteiger partial charge in [0, 0.05) is 13.0 Å². The van der Waals surface area contributed by atoms with Crippen molar-refractivity contribution >= 4 is 18.3 Å². The summed E-state index contributed by atoms with van der Waals surface area (Å²) in [4.78, 5) is 14.7. The average Bonchev–Trinajstić information content (AvgIpc) is 3.18. The number of carbonyl (C=O) groups is 1. The molecule has 2 heterocycles. The van der Waals surface area contributed by atoms with Crippen molar-refractivity contribution < 1.29 is 9.53 Å². The summed E-state index contributed by atoms with van der Waals surface area (Å²) < 4.78 is 5.31. The van der Waals surface area contributed by atoms with E-state index >= 15 is 0 Å². The van der Waals surface area contributed by atoms with E-state index < -0.39 is 0 Å². The van der Waals surface area contributed by atoms with Crippen LogP contribution in [0.4, 0.5) is 0 Å². The summed E-state index contributed by atoms with van der Waals surface area (Å²) in [5.41, 5.74) is 1.20. The molecule has 0 spiro atoms. The molecule has 2 atom stereocenters. The molecule has 2 unspecified atom stereocenters. The Labute approximate surface area is 138 Å². The first-order valence-corrected chi connectivity index (χ1v) is 7.92. The maximum atomic E-state index is 12.6. The molecule has 5 heteroatoms. The number of nitrogens with zero attached hydrogens (tertiary/aromatic N) is 1. The quantitative estimate of drug-likeness (QED) is 0.926. The minimum atomic E-state index is 0. The molecule has 1 N–H and O–H groups in total. The Morgan fingerprint density at radius 2 is 2.27 bits per heavy atom.